The zero-order valence-electron chi connectivity index (χ0n) is 16.8. The van der Waals surface area contributed by atoms with Crippen LogP contribution in [0.25, 0.3) is 0 Å². The second-order valence-electron chi connectivity index (χ2n) is 7.08. The smallest absolute Gasteiger partial charge is 0.257 e. The minimum Gasteiger partial charge on any atom is -0.394 e. The van der Waals surface area contributed by atoms with E-state index in [-0.39, 0.29) is 0 Å². The van der Waals surface area contributed by atoms with Crippen LogP contribution in [0.15, 0.2) is 53.5 Å². The number of anilines is 1. The van der Waals surface area contributed by atoms with Gasteiger partial charge in [0, 0.05) is 5.69 Å². The van der Waals surface area contributed by atoms with E-state index in [1.807, 2.05) is 0 Å². The van der Waals surface area contributed by atoms with Gasteiger partial charge in [0.2, 0.25) is 5.91 Å². The minimum absolute atomic E-state index is 0.303. The highest BCUT2D eigenvalue weighted by molar-refractivity contribution is 6.34. The molecular weight excluding hydrogens is 438 g/mol. The van der Waals surface area contributed by atoms with Gasteiger partial charge in [-0.25, -0.2) is 0 Å². The largest absolute Gasteiger partial charge is 0.394 e. The third-order valence-corrected chi connectivity index (χ3v) is 5.40. The molecule has 1 heterocycles. The summed E-state index contributed by atoms with van der Waals surface area (Å²) in [5, 5.41) is 26.6. The second-order valence-corrected chi connectivity index (χ2v) is 7.49. The van der Waals surface area contributed by atoms with Crippen molar-refractivity contribution in [2.24, 2.45) is 10.7 Å². The van der Waals surface area contributed by atoms with Gasteiger partial charge in [0.05, 0.1) is 36.2 Å². The summed E-state index contributed by atoms with van der Waals surface area (Å²) in [5.74, 6) is -1.96. The van der Waals surface area contributed by atoms with E-state index >= 15 is 0 Å². The number of nitrogens with zero attached hydrogens (tertiary/aromatic N) is 1. The molecule has 0 bridgehead atoms. The monoisotopic (exact) mass is 459 g/mol. The van der Waals surface area contributed by atoms with Crippen LogP contribution in [0, 0.1) is 0 Å². The van der Waals surface area contributed by atoms with Crippen LogP contribution in [0.5, 0.6) is 0 Å². The Kier molecular flexibility index (Phi) is 7.08. The molecule has 0 spiro atoms. The Morgan fingerprint density at radius 3 is 2.38 bits per heavy atom. The number of carbonyl (C=O) groups excluding carboxylic acids is 3. The number of amides is 3. The number of hydrogen-bond acceptors (Lipinski definition) is 7. The number of aliphatic hydroxyl groups excluding tert-OH is 2. The Morgan fingerprint density at radius 1 is 1.12 bits per heavy atom. The van der Waals surface area contributed by atoms with Gasteiger partial charge in [-0.2, -0.15) is 0 Å². The number of benzene rings is 2. The molecule has 3 rings (SSSR count). The Morgan fingerprint density at radius 2 is 1.78 bits per heavy atom. The van der Waals surface area contributed by atoms with E-state index in [4.69, 9.17) is 17.3 Å². The highest BCUT2D eigenvalue weighted by atomic mass is 35.5. The summed E-state index contributed by atoms with van der Waals surface area (Å²) >= 11 is 6.05. The lowest BCUT2D eigenvalue weighted by Crippen LogP contribution is -2.61. The molecule has 2 atom stereocenters. The van der Waals surface area contributed by atoms with Gasteiger partial charge >= 0.3 is 0 Å². The first-order chi connectivity index (χ1) is 15.3. The van der Waals surface area contributed by atoms with E-state index < -0.39 is 48.6 Å². The van der Waals surface area contributed by atoms with Gasteiger partial charge in [-0.05, 0) is 29.8 Å². The fraction of sp³-hybridized carbons (Fsp3) is 0.238. The van der Waals surface area contributed by atoms with Crippen molar-refractivity contribution in [2.45, 2.75) is 17.6 Å². The first-order valence-corrected chi connectivity index (χ1v) is 9.99. The molecule has 168 valence electrons. The van der Waals surface area contributed by atoms with Crippen LogP contribution in [0.1, 0.15) is 15.9 Å². The molecule has 7 N–H and O–H groups in total. The van der Waals surface area contributed by atoms with E-state index in [1.54, 1.807) is 36.4 Å². The van der Waals surface area contributed by atoms with Crippen molar-refractivity contribution < 1.29 is 24.6 Å². The molecule has 0 aliphatic carbocycles. The van der Waals surface area contributed by atoms with E-state index in [0.717, 1.165) is 0 Å². The molecule has 2 aromatic carbocycles. The van der Waals surface area contributed by atoms with Crippen molar-refractivity contribution in [2.75, 3.05) is 18.5 Å². The van der Waals surface area contributed by atoms with Crippen molar-refractivity contribution in [3.05, 3.63) is 64.7 Å². The second kappa shape index (κ2) is 9.77. The quantitative estimate of drug-likeness (QED) is 0.318. The normalized spacial score (nSPS) is 19.4. The average molecular weight is 460 g/mol. The van der Waals surface area contributed by atoms with Gasteiger partial charge in [0.1, 0.15) is 0 Å². The van der Waals surface area contributed by atoms with Crippen LogP contribution in [-0.2, 0) is 15.1 Å². The Labute approximate surface area is 188 Å². The summed E-state index contributed by atoms with van der Waals surface area (Å²) < 4.78 is 0. The fourth-order valence-electron chi connectivity index (χ4n) is 3.35. The van der Waals surface area contributed by atoms with Crippen LogP contribution in [0.3, 0.4) is 0 Å². The van der Waals surface area contributed by atoms with Crippen molar-refractivity contribution in [3.63, 3.8) is 0 Å². The predicted octanol–water partition coefficient (Wildman–Crippen LogP) is -0.258. The minimum atomic E-state index is -1.69. The van der Waals surface area contributed by atoms with Crippen LogP contribution < -0.4 is 21.7 Å². The lowest BCUT2D eigenvalue weighted by molar-refractivity contribution is -0.132. The van der Waals surface area contributed by atoms with Crippen molar-refractivity contribution in [3.8, 4) is 0 Å². The zero-order chi connectivity index (χ0) is 23.3. The Bertz CT molecular complexity index is 1040. The molecule has 0 saturated heterocycles. The number of nitrogens with one attached hydrogen (secondary N) is 3. The number of hydrogen-bond donors (Lipinski definition) is 6. The molecule has 3 amide bonds. The molecule has 0 fully saturated rings. The maximum Gasteiger partial charge on any atom is 0.257 e. The summed E-state index contributed by atoms with van der Waals surface area (Å²) in [6.07, 6.45) is 1.20. The van der Waals surface area contributed by atoms with Crippen molar-refractivity contribution >= 4 is 41.3 Å². The Balaban J connectivity index is 1.84. The van der Waals surface area contributed by atoms with E-state index in [1.165, 1.54) is 18.5 Å². The molecule has 1 aliphatic rings. The molecule has 2 unspecified atom stereocenters. The molecule has 2 aromatic rings. The van der Waals surface area contributed by atoms with Crippen molar-refractivity contribution in [1.29, 1.82) is 0 Å². The van der Waals surface area contributed by atoms with Gasteiger partial charge in [-0.3, -0.25) is 19.4 Å². The van der Waals surface area contributed by atoms with Crippen molar-refractivity contribution in [1.82, 2.24) is 10.6 Å². The maximum absolute atomic E-state index is 12.7. The lowest BCUT2D eigenvalue weighted by Gasteiger charge is -2.32. The van der Waals surface area contributed by atoms with Crippen LogP contribution >= 0.6 is 11.6 Å². The number of rotatable bonds is 8. The number of halogens is 1. The topological polar surface area (TPSA) is 166 Å². The maximum atomic E-state index is 12.7. The highest BCUT2D eigenvalue weighted by Crippen LogP contribution is 2.31. The molecule has 1 aliphatic heterocycles. The number of nitrogens with two attached hydrogens (primary N) is 1. The molecule has 11 heteroatoms. The molecular formula is C21H22ClN5O5. The van der Waals surface area contributed by atoms with Gasteiger partial charge in [-0.15, -0.1) is 0 Å². The fourth-order valence-corrected chi connectivity index (χ4v) is 3.57. The van der Waals surface area contributed by atoms with Gasteiger partial charge < -0.3 is 31.9 Å². The SMILES string of the molecule is NC(=O)C1(c2ccc(NC(=O)c3ccccc3Cl)cc2)NC=NC1C(=O)NC(CO)CO. The summed E-state index contributed by atoms with van der Waals surface area (Å²) in [6, 6.07) is 10.6. The lowest BCUT2D eigenvalue weighted by atomic mass is 9.82. The van der Waals surface area contributed by atoms with Crippen LogP contribution in [0.4, 0.5) is 5.69 Å². The van der Waals surface area contributed by atoms with E-state index in [0.29, 0.717) is 21.8 Å². The van der Waals surface area contributed by atoms with E-state index in [9.17, 15) is 24.6 Å². The van der Waals surface area contributed by atoms with Crippen LogP contribution in [0.2, 0.25) is 5.02 Å². The third kappa shape index (κ3) is 4.42. The zero-order valence-corrected chi connectivity index (χ0v) is 17.5. The first-order valence-electron chi connectivity index (χ1n) is 9.61. The average Bonchev–Trinajstić information content (AvgIpc) is 3.24. The van der Waals surface area contributed by atoms with Crippen LogP contribution in [-0.4, -0.2) is 59.6 Å². The summed E-state index contributed by atoms with van der Waals surface area (Å²) in [7, 11) is 0. The molecule has 10 nitrogen and oxygen atoms in total. The summed E-state index contributed by atoms with van der Waals surface area (Å²) in [4.78, 5) is 41.7. The molecule has 32 heavy (non-hydrogen) atoms. The Hall–Kier alpha value is -3.47. The molecule has 0 saturated carbocycles. The number of aliphatic hydroxyl groups is 2. The molecule has 0 radical (unpaired) electrons. The third-order valence-electron chi connectivity index (χ3n) is 5.07. The molecule has 0 aromatic heterocycles. The van der Waals surface area contributed by atoms with Gasteiger partial charge in [-0.1, -0.05) is 35.9 Å². The summed E-state index contributed by atoms with van der Waals surface area (Å²) in [6.45, 7) is -0.981. The first kappa shape index (κ1) is 23.2. The number of carbonyl (C=O) groups is 3. The highest BCUT2D eigenvalue weighted by Gasteiger charge is 2.52. The summed E-state index contributed by atoms with van der Waals surface area (Å²) in [5.41, 5.74) is 5.03. The number of primary amides is 1. The van der Waals surface area contributed by atoms with E-state index in [2.05, 4.69) is 20.9 Å². The standard InChI is InChI=1S/C21H22ClN5O5/c22-16-4-2-1-3-15(16)18(30)26-13-7-5-12(6-8-13)21(20(23)32)17(24-11-25-21)19(31)27-14(9-28)10-29/h1-8,11,14,17,28-29H,9-10H2,(H2,23,32)(H,24,25)(H,26,30)(H,27,31). The van der Waals surface area contributed by atoms with Gasteiger partial charge in [0.15, 0.2) is 11.6 Å². The number of aliphatic imine (C=N–C) groups is 1. The predicted molar refractivity (Wildman–Crippen MR) is 118 cm³/mol. The van der Waals surface area contributed by atoms with Gasteiger partial charge in [0.25, 0.3) is 11.8 Å².